The van der Waals surface area contributed by atoms with Gasteiger partial charge in [-0.3, -0.25) is 4.79 Å². The first-order valence-corrected chi connectivity index (χ1v) is 12.1. The molecule has 3 aromatic heterocycles. The molecule has 0 saturated heterocycles. The topological polar surface area (TPSA) is 76.8 Å². The fourth-order valence-corrected chi connectivity index (χ4v) is 4.91. The summed E-state index contributed by atoms with van der Waals surface area (Å²) in [6.45, 7) is 8.22. The molecule has 0 amide bonds. The number of anilines is 2. The zero-order chi connectivity index (χ0) is 23.4. The molecule has 34 heavy (non-hydrogen) atoms. The number of pyridine rings is 2. The first-order chi connectivity index (χ1) is 16.4. The summed E-state index contributed by atoms with van der Waals surface area (Å²) in [4.78, 5) is 22.9. The molecule has 1 saturated carbocycles. The Bertz CT molecular complexity index is 1460. The Balaban J connectivity index is 1.46. The number of fused-ring (bicyclic) bond motifs is 2. The van der Waals surface area contributed by atoms with E-state index in [2.05, 4.69) is 46.8 Å². The van der Waals surface area contributed by atoms with E-state index in [1.165, 1.54) is 11.1 Å². The van der Waals surface area contributed by atoms with Crippen LogP contribution in [0, 0.1) is 0 Å². The van der Waals surface area contributed by atoms with Crippen molar-refractivity contribution in [1.29, 1.82) is 0 Å². The van der Waals surface area contributed by atoms with Gasteiger partial charge in [-0.25, -0.2) is 19.3 Å². The van der Waals surface area contributed by atoms with Crippen LogP contribution >= 0.6 is 0 Å². The third-order valence-electron chi connectivity index (χ3n) is 7.19. The van der Waals surface area contributed by atoms with Gasteiger partial charge in [-0.05, 0) is 75.0 Å². The molecule has 2 aliphatic rings. The smallest absolute Gasteiger partial charge is 0.276 e. The Morgan fingerprint density at radius 2 is 1.97 bits per heavy atom. The average Bonchev–Trinajstić information content (AvgIpc) is 3.53. The second kappa shape index (κ2) is 7.81. The molecular formula is C27H30N6O. The van der Waals surface area contributed by atoms with E-state index in [4.69, 9.17) is 4.98 Å². The minimum atomic E-state index is -0.0461. The van der Waals surface area contributed by atoms with Gasteiger partial charge in [0.05, 0.1) is 10.9 Å². The lowest BCUT2D eigenvalue weighted by molar-refractivity contribution is 0.472. The maximum Gasteiger partial charge on any atom is 0.276 e. The molecular weight excluding hydrogens is 424 g/mol. The Labute approximate surface area is 198 Å². The van der Waals surface area contributed by atoms with Gasteiger partial charge in [-0.1, -0.05) is 19.1 Å². The number of hydrogen-bond donors (Lipinski definition) is 2. The maximum atomic E-state index is 13.3. The van der Waals surface area contributed by atoms with Crippen LogP contribution in [0.3, 0.4) is 0 Å². The predicted molar refractivity (Wildman–Crippen MR) is 135 cm³/mol. The molecule has 0 bridgehead atoms. The summed E-state index contributed by atoms with van der Waals surface area (Å²) in [6.07, 6.45) is 5.02. The van der Waals surface area contributed by atoms with Gasteiger partial charge >= 0.3 is 0 Å². The van der Waals surface area contributed by atoms with Crippen LogP contribution in [0.5, 0.6) is 0 Å². The first-order valence-electron chi connectivity index (χ1n) is 12.1. The highest BCUT2D eigenvalue weighted by Crippen LogP contribution is 2.46. The molecule has 7 heteroatoms. The molecule has 1 aliphatic carbocycles. The predicted octanol–water partition coefficient (Wildman–Crippen LogP) is 4.60. The molecule has 174 valence electrons. The van der Waals surface area contributed by atoms with E-state index in [0.717, 1.165) is 55.1 Å². The van der Waals surface area contributed by atoms with E-state index in [9.17, 15) is 4.79 Å². The van der Waals surface area contributed by atoms with Gasteiger partial charge in [0.15, 0.2) is 5.82 Å². The summed E-state index contributed by atoms with van der Waals surface area (Å²) in [5.41, 5.74) is 5.72. The van der Waals surface area contributed by atoms with Crippen molar-refractivity contribution in [2.24, 2.45) is 0 Å². The lowest BCUT2D eigenvalue weighted by Gasteiger charge is -2.18. The summed E-state index contributed by atoms with van der Waals surface area (Å²) >= 11 is 0. The van der Waals surface area contributed by atoms with Gasteiger partial charge in [0, 0.05) is 41.6 Å². The SMILES string of the molecule is CC(C)n1c(=O)c2cnc(Nc3ccc4c(c3)CCNC4)cc2n1-c1cccc(C2(C)CC2)n1. The fourth-order valence-electron chi connectivity index (χ4n) is 4.91. The normalized spacial score (nSPS) is 16.6. The van der Waals surface area contributed by atoms with Crippen LogP contribution in [0.2, 0.25) is 0 Å². The molecule has 0 atom stereocenters. The number of rotatable bonds is 5. The van der Waals surface area contributed by atoms with Gasteiger partial charge in [0.2, 0.25) is 0 Å². The van der Waals surface area contributed by atoms with Gasteiger partial charge in [-0.2, -0.15) is 0 Å². The highest BCUT2D eigenvalue weighted by molar-refractivity contribution is 5.82. The number of nitrogens with zero attached hydrogens (tertiary/aromatic N) is 4. The molecule has 0 radical (unpaired) electrons. The first kappa shape index (κ1) is 21.1. The zero-order valence-electron chi connectivity index (χ0n) is 19.9. The van der Waals surface area contributed by atoms with Crippen LogP contribution in [-0.2, 0) is 18.4 Å². The standard InChI is InChI=1S/C27H30N6O/c1-17(2)32-26(34)21-16-29-24(30-20-8-7-19-15-28-12-9-18(19)13-20)14-22(21)33(32)25-6-4-5-23(31-25)27(3)10-11-27/h4-8,13-14,16-17,28H,9-12,15H2,1-3H3,(H,29,30). The molecule has 2 N–H and O–H groups in total. The van der Waals surface area contributed by atoms with Crippen LogP contribution in [0.15, 0.2) is 53.5 Å². The summed E-state index contributed by atoms with van der Waals surface area (Å²) in [6, 6.07) is 14.5. The van der Waals surface area contributed by atoms with Crippen LogP contribution in [0.1, 0.15) is 56.5 Å². The van der Waals surface area contributed by atoms with Gasteiger partial charge < -0.3 is 10.6 Å². The van der Waals surface area contributed by atoms with Crippen molar-refractivity contribution in [1.82, 2.24) is 24.6 Å². The van der Waals surface area contributed by atoms with Crippen molar-refractivity contribution in [3.63, 3.8) is 0 Å². The molecule has 4 aromatic rings. The number of benzene rings is 1. The van der Waals surface area contributed by atoms with Crippen molar-refractivity contribution in [3.05, 3.63) is 75.8 Å². The van der Waals surface area contributed by atoms with Gasteiger partial charge in [-0.15, -0.1) is 0 Å². The summed E-state index contributed by atoms with van der Waals surface area (Å²) in [5.74, 6) is 1.48. The molecule has 1 aliphatic heterocycles. The van der Waals surface area contributed by atoms with Crippen LogP contribution in [0.25, 0.3) is 16.7 Å². The van der Waals surface area contributed by atoms with Crippen LogP contribution in [0.4, 0.5) is 11.5 Å². The molecule has 6 rings (SSSR count). The summed E-state index contributed by atoms with van der Waals surface area (Å²) < 4.78 is 3.74. The lowest BCUT2D eigenvalue weighted by atomic mass is 10.0. The van der Waals surface area contributed by atoms with Crippen molar-refractivity contribution < 1.29 is 0 Å². The highest BCUT2D eigenvalue weighted by Gasteiger charge is 2.40. The molecule has 0 unspecified atom stereocenters. The monoisotopic (exact) mass is 454 g/mol. The largest absolute Gasteiger partial charge is 0.340 e. The van der Waals surface area contributed by atoms with E-state index in [1.807, 2.05) is 36.7 Å². The van der Waals surface area contributed by atoms with E-state index in [1.54, 1.807) is 10.9 Å². The quantitative estimate of drug-likeness (QED) is 0.461. The Hall–Kier alpha value is -3.45. The minimum Gasteiger partial charge on any atom is -0.340 e. The van der Waals surface area contributed by atoms with Gasteiger partial charge in [0.1, 0.15) is 5.82 Å². The second-order valence-corrected chi connectivity index (χ2v) is 10.1. The average molecular weight is 455 g/mol. The Morgan fingerprint density at radius 3 is 2.76 bits per heavy atom. The zero-order valence-corrected chi connectivity index (χ0v) is 19.9. The number of aromatic nitrogens is 4. The summed E-state index contributed by atoms with van der Waals surface area (Å²) in [5, 5.41) is 7.46. The molecule has 0 spiro atoms. The minimum absolute atomic E-state index is 0.0208. The maximum absolute atomic E-state index is 13.3. The number of hydrogen-bond acceptors (Lipinski definition) is 5. The van der Waals surface area contributed by atoms with Crippen LogP contribution in [-0.4, -0.2) is 25.9 Å². The van der Waals surface area contributed by atoms with Crippen molar-refractivity contribution in [2.75, 3.05) is 11.9 Å². The van der Waals surface area contributed by atoms with Crippen molar-refractivity contribution in [2.45, 2.75) is 58.0 Å². The second-order valence-electron chi connectivity index (χ2n) is 10.1. The molecule has 7 nitrogen and oxygen atoms in total. The van der Waals surface area contributed by atoms with E-state index in [0.29, 0.717) is 11.2 Å². The van der Waals surface area contributed by atoms with E-state index < -0.39 is 0 Å². The molecule has 4 heterocycles. The third kappa shape index (κ3) is 3.51. The lowest BCUT2D eigenvalue weighted by Crippen LogP contribution is -2.25. The number of nitrogens with one attached hydrogen (secondary N) is 2. The van der Waals surface area contributed by atoms with Crippen molar-refractivity contribution in [3.8, 4) is 5.82 Å². The molecule has 1 fully saturated rings. The van der Waals surface area contributed by atoms with Crippen molar-refractivity contribution >= 4 is 22.4 Å². The fraction of sp³-hybridized carbons (Fsp3) is 0.370. The Kier molecular flexibility index (Phi) is 4.85. The van der Waals surface area contributed by atoms with Gasteiger partial charge in [0.25, 0.3) is 5.56 Å². The van der Waals surface area contributed by atoms with E-state index in [-0.39, 0.29) is 17.0 Å². The van der Waals surface area contributed by atoms with Crippen LogP contribution < -0.4 is 16.2 Å². The molecule has 1 aromatic carbocycles. The van der Waals surface area contributed by atoms with E-state index >= 15 is 0 Å². The highest BCUT2D eigenvalue weighted by atomic mass is 16.1. The summed E-state index contributed by atoms with van der Waals surface area (Å²) in [7, 11) is 0. The Morgan fingerprint density at radius 1 is 1.12 bits per heavy atom. The third-order valence-corrected chi connectivity index (χ3v) is 7.19.